The maximum atomic E-state index is 12.6. The van der Waals surface area contributed by atoms with Crippen LogP contribution in [0.5, 0.6) is 0 Å². The predicted molar refractivity (Wildman–Crippen MR) is 83.4 cm³/mol. The van der Waals surface area contributed by atoms with Crippen LogP contribution in [0, 0.1) is 0 Å². The van der Waals surface area contributed by atoms with Crippen LogP contribution in [0.1, 0.15) is 43.5 Å². The Labute approximate surface area is 141 Å². The molecule has 0 bridgehead atoms. The third-order valence-electron chi connectivity index (χ3n) is 4.75. The van der Waals surface area contributed by atoms with Crippen LogP contribution < -0.4 is 0 Å². The van der Waals surface area contributed by atoms with Crippen LogP contribution >= 0.6 is 0 Å². The van der Waals surface area contributed by atoms with Gasteiger partial charge in [-0.15, -0.1) is 0 Å². The SMILES string of the molecule is C[C@@H]1CN(C(=O)CN2CCOCC2)C[C@H](c2nc(C3CC3)no2)O1. The fourth-order valence-electron chi connectivity index (χ4n) is 3.23. The van der Waals surface area contributed by atoms with Crippen LogP contribution in [0.2, 0.25) is 0 Å². The number of ether oxygens (including phenoxy) is 2. The number of morpholine rings is 2. The van der Waals surface area contributed by atoms with Gasteiger partial charge in [-0.2, -0.15) is 4.98 Å². The maximum Gasteiger partial charge on any atom is 0.257 e. The van der Waals surface area contributed by atoms with Gasteiger partial charge in [0.05, 0.1) is 32.4 Å². The number of hydrogen-bond donors (Lipinski definition) is 0. The van der Waals surface area contributed by atoms with Gasteiger partial charge in [-0.3, -0.25) is 9.69 Å². The molecule has 1 aromatic heterocycles. The summed E-state index contributed by atoms with van der Waals surface area (Å²) in [6.07, 6.45) is 1.88. The molecule has 3 aliphatic rings. The number of rotatable bonds is 4. The van der Waals surface area contributed by atoms with Gasteiger partial charge in [0.25, 0.3) is 5.89 Å². The standard InChI is InChI=1S/C16H24N4O4/c1-11-8-20(14(21)10-19-4-6-22-7-5-19)9-13(23-11)16-17-15(18-24-16)12-2-3-12/h11-13H,2-10H2,1H3/t11-,13-/m1/s1. The quantitative estimate of drug-likeness (QED) is 0.795. The van der Waals surface area contributed by atoms with E-state index in [2.05, 4.69) is 15.0 Å². The van der Waals surface area contributed by atoms with E-state index in [4.69, 9.17) is 14.0 Å². The monoisotopic (exact) mass is 336 g/mol. The van der Waals surface area contributed by atoms with Gasteiger partial charge in [0, 0.05) is 25.6 Å². The van der Waals surface area contributed by atoms with Crippen molar-refractivity contribution in [2.45, 2.75) is 37.9 Å². The fraction of sp³-hybridized carbons (Fsp3) is 0.812. The van der Waals surface area contributed by atoms with E-state index < -0.39 is 0 Å². The topological polar surface area (TPSA) is 80.9 Å². The summed E-state index contributed by atoms with van der Waals surface area (Å²) in [5.74, 6) is 1.84. The van der Waals surface area contributed by atoms with E-state index in [1.54, 1.807) is 0 Å². The number of aromatic nitrogens is 2. The van der Waals surface area contributed by atoms with E-state index in [1.165, 1.54) is 0 Å². The Hall–Kier alpha value is -1.51. The molecule has 0 N–H and O–H groups in total. The van der Waals surface area contributed by atoms with Crippen molar-refractivity contribution in [3.63, 3.8) is 0 Å². The summed E-state index contributed by atoms with van der Waals surface area (Å²) >= 11 is 0. The molecule has 24 heavy (non-hydrogen) atoms. The average molecular weight is 336 g/mol. The second-order valence-corrected chi connectivity index (χ2v) is 6.89. The first kappa shape index (κ1) is 16.0. The van der Waals surface area contributed by atoms with Gasteiger partial charge in [0.2, 0.25) is 5.91 Å². The summed E-state index contributed by atoms with van der Waals surface area (Å²) in [7, 11) is 0. The number of amides is 1. The summed E-state index contributed by atoms with van der Waals surface area (Å²) in [4.78, 5) is 21.1. The van der Waals surface area contributed by atoms with E-state index in [9.17, 15) is 4.79 Å². The molecular formula is C16H24N4O4. The molecule has 0 aromatic carbocycles. The highest BCUT2D eigenvalue weighted by atomic mass is 16.5. The highest BCUT2D eigenvalue weighted by Crippen LogP contribution is 2.38. The first-order chi connectivity index (χ1) is 11.7. The van der Waals surface area contributed by atoms with Crippen molar-refractivity contribution in [3.8, 4) is 0 Å². The molecule has 1 amide bonds. The minimum atomic E-state index is -0.331. The third kappa shape index (κ3) is 3.60. The number of hydrogen-bond acceptors (Lipinski definition) is 7. The number of nitrogens with zero attached hydrogens (tertiary/aromatic N) is 4. The third-order valence-corrected chi connectivity index (χ3v) is 4.75. The summed E-state index contributed by atoms with van der Waals surface area (Å²) in [5.41, 5.74) is 0. The molecule has 8 heteroatoms. The molecular weight excluding hydrogens is 312 g/mol. The minimum Gasteiger partial charge on any atom is -0.379 e. The predicted octanol–water partition coefficient (Wildman–Crippen LogP) is 0.568. The Morgan fingerprint density at radius 1 is 1.25 bits per heavy atom. The maximum absolute atomic E-state index is 12.6. The Kier molecular flexibility index (Phi) is 4.51. The van der Waals surface area contributed by atoms with Gasteiger partial charge >= 0.3 is 0 Å². The zero-order chi connectivity index (χ0) is 16.5. The van der Waals surface area contributed by atoms with Gasteiger partial charge in [0.1, 0.15) is 0 Å². The summed E-state index contributed by atoms with van der Waals surface area (Å²) < 4.78 is 16.6. The van der Waals surface area contributed by atoms with Gasteiger partial charge in [-0.05, 0) is 19.8 Å². The Balaban J connectivity index is 1.38. The van der Waals surface area contributed by atoms with E-state index in [1.807, 2.05) is 11.8 Å². The van der Waals surface area contributed by atoms with Crippen molar-refractivity contribution in [2.24, 2.45) is 0 Å². The van der Waals surface area contributed by atoms with Crippen LogP contribution in [0.25, 0.3) is 0 Å². The van der Waals surface area contributed by atoms with Crippen molar-refractivity contribution < 1.29 is 18.8 Å². The van der Waals surface area contributed by atoms with Crippen LogP contribution in [-0.2, 0) is 14.3 Å². The molecule has 0 radical (unpaired) electrons. The van der Waals surface area contributed by atoms with Crippen molar-refractivity contribution in [1.29, 1.82) is 0 Å². The molecule has 0 spiro atoms. The van der Waals surface area contributed by atoms with Crippen molar-refractivity contribution in [2.75, 3.05) is 45.9 Å². The van der Waals surface area contributed by atoms with Crippen molar-refractivity contribution >= 4 is 5.91 Å². The Morgan fingerprint density at radius 3 is 2.79 bits per heavy atom. The molecule has 3 heterocycles. The molecule has 132 valence electrons. The second kappa shape index (κ2) is 6.78. The second-order valence-electron chi connectivity index (χ2n) is 6.89. The summed E-state index contributed by atoms with van der Waals surface area (Å²) in [5, 5.41) is 4.05. The Bertz CT molecular complexity index is 582. The van der Waals surface area contributed by atoms with E-state index in [-0.39, 0.29) is 18.1 Å². The molecule has 1 aliphatic carbocycles. The van der Waals surface area contributed by atoms with E-state index >= 15 is 0 Å². The van der Waals surface area contributed by atoms with E-state index in [0.717, 1.165) is 31.8 Å². The molecule has 0 unspecified atom stereocenters. The number of carbonyl (C=O) groups is 1. The zero-order valence-corrected chi connectivity index (χ0v) is 14.0. The number of carbonyl (C=O) groups excluding carboxylic acids is 1. The zero-order valence-electron chi connectivity index (χ0n) is 14.0. The molecule has 3 fully saturated rings. The summed E-state index contributed by atoms with van der Waals surface area (Å²) in [6.45, 7) is 6.48. The van der Waals surface area contributed by atoms with Crippen LogP contribution in [0.15, 0.2) is 4.52 Å². The highest BCUT2D eigenvalue weighted by Gasteiger charge is 2.35. The first-order valence-corrected chi connectivity index (χ1v) is 8.76. The average Bonchev–Trinajstić information content (AvgIpc) is 3.32. The molecule has 8 nitrogen and oxygen atoms in total. The largest absolute Gasteiger partial charge is 0.379 e. The molecule has 1 aromatic rings. The van der Waals surface area contributed by atoms with Gasteiger partial charge in [-0.25, -0.2) is 0 Å². The normalized spacial score (nSPS) is 29.0. The Morgan fingerprint density at radius 2 is 2.04 bits per heavy atom. The molecule has 4 rings (SSSR count). The van der Waals surface area contributed by atoms with Gasteiger partial charge in [-0.1, -0.05) is 5.16 Å². The van der Waals surface area contributed by atoms with Gasteiger partial charge in [0.15, 0.2) is 11.9 Å². The van der Waals surface area contributed by atoms with Gasteiger partial charge < -0.3 is 18.9 Å². The highest BCUT2D eigenvalue weighted by molar-refractivity contribution is 5.78. The summed E-state index contributed by atoms with van der Waals surface area (Å²) in [6, 6.07) is 0. The first-order valence-electron chi connectivity index (χ1n) is 8.76. The van der Waals surface area contributed by atoms with Crippen molar-refractivity contribution in [1.82, 2.24) is 19.9 Å². The van der Waals surface area contributed by atoms with Crippen LogP contribution in [0.3, 0.4) is 0 Å². The lowest BCUT2D eigenvalue weighted by Gasteiger charge is -2.36. The lowest BCUT2D eigenvalue weighted by molar-refractivity contribution is -0.148. The van der Waals surface area contributed by atoms with Crippen LogP contribution in [-0.4, -0.2) is 77.9 Å². The molecule has 2 aliphatic heterocycles. The molecule has 1 saturated carbocycles. The van der Waals surface area contributed by atoms with E-state index in [0.29, 0.717) is 44.7 Å². The smallest absolute Gasteiger partial charge is 0.257 e. The minimum absolute atomic E-state index is 0.0475. The lowest BCUT2D eigenvalue weighted by Crippen LogP contribution is -2.50. The lowest BCUT2D eigenvalue weighted by atomic mass is 10.2. The van der Waals surface area contributed by atoms with Crippen LogP contribution in [0.4, 0.5) is 0 Å². The molecule has 2 saturated heterocycles. The molecule has 2 atom stereocenters. The van der Waals surface area contributed by atoms with Crippen molar-refractivity contribution in [3.05, 3.63) is 11.7 Å². The fourth-order valence-corrected chi connectivity index (χ4v) is 3.23.